The van der Waals surface area contributed by atoms with Gasteiger partial charge in [-0.3, -0.25) is 0 Å². The number of hydrogen-bond donors (Lipinski definition) is 0. The van der Waals surface area contributed by atoms with E-state index in [9.17, 15) is 0 Å². The molecular formula is C29H22IrN2-2. The summed E-state index contributed by atoms with van der Waals surface area (Å²) in [5, 5.41) is 0. The number of hydrogen-bond acceptors (Lipinski definition) is 2. The number of benzene rings is 3. The van der Waals surface area contributed by atoms with Crippen molar-refractivity contribution in [2.45, 2.75) is 6.37 Å². The first-order chi connectivity index (χ1) is 16.1. The number of pyridine rings is 2. The Morgan fingerprint density at radius 1 is 0.594 bits per heavy atom. The summed E-state index contributed by atoms with van der Waals surface area (Å²) >= 11 is 0. The summed E-state index contributed by atoms with van der Waals surface area (Å²) in [6.45, 7) is 0. The van der Waals surface area contributed by atoms with Crippen molar-refractivity contribution in [1.29, 1.82) is 0 Å². The second-order valence-electron chi connectivity index (χ2n) is 6.69. The summed E-state index contributed by atoms with van der Waals surface area (Å²) < 4.78 is 16.8. The maximum Gasteiger partial charge on any atom is 0.0349 e. The molecule has 0 aliphatic heterocycles. The zero-order valence-corrected chi connectivity index (χ0v) is 19.7. The van der Waals surface area contributed by atoms with E-state index in [0.29, 0.717) is 11.1 Å². The molecule has 32 heavy (non-hydrogen) atoms. The first-order valence-electron chi connectivity index (χ1n) is 11.0. The van der Waals surface area contributed by atoms with Gasteiger partial charge in [0.15, 0.2) is 0 Å². The van der Waals surface area contributed by atoms with E-state index in [1.807, 2.05) is 84.9 Å². The zero-order valence-electron chi connectivity index (χ0n) is 19.3. The van der Waals surface area contributed by atoms with Gasteiger partial charge in [0, 0.05) is 35.2 Å². The summed E-state index contributed by atoms with van der Waals surface area (Å²) in [5.74, 6) is 0. The van der Waals surface area contributed by atoms with E-state index >= 15 is 0 Å². The Morgan fingerprint density at radius 3 is 1.84 bits per heavy atom. The molecule has 159 valence electrons. The van der Waals surface area contributed by atoms with E-state index in [1.54, 1.807) is 36.7 Å². The molecule has 5 aromatic rings. The van der Waals surface area contributed by atoms with Gasteiger partial charge in [0.1, 0.15) is 0 Å². The van der Waals surface area contributed by atoms with Gasteiger partial charge in [-0.15, -0.1) is 71.3 Å². The van der Waals surface area contributed by atoms with Crippen LogP contribution in [0.3, 0.4) is 0 Å². The van der Waals surface area contributed by atoms with Crippen molar-refractivity contribution >= 4 is 0 Å². The minimum atomic E-state index is -1.54. The fourth-order valence-electron chi connectivity index (χ4n) is 2.98. The fraction of sp³-hybridized carbons (Fsp3) is 0.0345. The molecule has 0 spiro atoms. The van der Waals surface area contributed by atoms with Gasteiger partial charge in [-0.1, -0.05) is 54.6 Å². The van der Waals surface area contributed by atoms with E-state index in [0.717, 1.165) is 22.5 Å². The first-order valence-corrected chi connectivity index (χ1v) is 10.0. The second-order valence-corrected chi connectivity index (χ2v) is 6.69. The molecule has 2 aromatic heterocycles. The minimum absolute atomic E-state index is 0. The summed E-state index contributed by atoms with van der Waals surface area (Å²) in [5.41, 5.74) is 4.85. The van der Waals surface area contributed by atoms with Crippen LogP contribution in [0.1, 0.15) is 13.9 Å². The predicted molar refractivity (Wildman–Crippen MR) is 126 cm³/mol. The average molecular weight is 593 g/mol. The molecule has 0 aliphatic carbocycles. The Hall–Kier alpha value is -3.39. The average Bonchev–Trinajstić information content (AvgIpc) is 2.91. The third-order valence-corrected chi connectivity index (χ3v) is 4.45. The quantitative estimate of drug-likeness (QED) is 0.218. The summed E-state index contributed by atoms with van der Waals surface area (Å²) in [6.07, 6.45) is 1.97. The van der Waals surface area contributed by atoms with Gasteiger partial charge >= 0.3 is 0 Å². The van der Waals surface area contributed by atoms with Gasteiger partial charge in [0.05, 0.1) is 0 Å². The van der Waals surface area contributed by atoms with Crippen LogP contribution in [0, 0.1) is 12.1 Å². The van der Waals surface area contributed by atoms with Gasteiger partial charge in [-0.05, 0) is 35.5 Å². The van der Waals surface area contributed by atoms with Crippen molar-refractivity contribution in [2.75, 3.05) is 0 Å². The topological polar surface area (TPSA) is 25.8 Å². The molecule has 0 amide bonds. The predicted octanol–water partition coefficient (Wildman–Crippen LogP) is 6.69. The maximum absolute atomic E-state index is 8.40. The summed E-state index contributed by atoms with van der Waals surface area (Å²) in [6, 6.07) is 40.1. The maximum atomic E-state index is 8.40. The second kappa shape index (κ2) is 12.5. The van der Waals surface area contributed by atoms with Gasteiger partial charge in [0.25, 0.3) is 0 Å². The smallest absolute Gasteiger partial charge is 0.0349 e. The Bertz CT molecular complexity index is 1230. The van der Waals surface area contributed by atoms with Gasteiger partial charge in [-0.25, -0.2) is 0 Å². The molecule has 2 heterocycles. The monoisotopic (exact) mass is 593 g/mol. The molecule has 0 aliphatic rings. The molecule has 0 fully saturated rings. The van der Waals surface area contributed by atoms with Crippen molar-refractivity contribution in [3.63, 3.8) is 0 Å². The Balaban J connectivity index is 0.000000212. The van der Waals surface area contributed by atoms with Crippen LogP contribution in [-0.2, 0) is 26.5 Å². The molecule has 5 rings (SSSR count). The van der Waals surface area contributed by atoms with Crippen LogP contribution >= 0.6 is 0 Å². The fourth-order valence-corrected chi connectivity index (χ4v) is 2.98. The summed E-state index contributed by atoms with van der Waals surface area (Å²) in [7, 11) is 0. The first kappa shape index (κ1) is 20.5. The summed E-state index contributed by atoms with van der Waals surface area (Å²) in [4.78, 5) is 8.51. The van der Waals surface area contributed by atoms with Crippen molar-refractivity contribution in [3.8, 4) is 22.5 Å². The Labute approximate surface area is 206 Å². The van der Waals surface area contributed by atoms with Gasteiger partial charge in [0.2, 0.25) is 0 Å². The Kier molecular flexibility index (Phi) is 7.99. The molecule has 2 nitrogen and oxygen atoms in total. The standard InChI is InChI=1S/C18H14N.C11H8N.Ir/c1-2-7-15(8-3-1)13-16-9-6-10-17(14-16)18-11-4-5-12-19-18;1-2-6-10(7-3-1)11-8-4-5-9-12-11;/h1-9,11-12,14H,13H2;1-6,8-9H;/q2*-1;/i13D2;;. The third kappa shape index (κ3) is 6.81. The van der Waals surface area contributed by atoms with Gasteiger partial charge < -0.3 is 9.97 Å². The Morgan fingerprint density at radius 2 is 1.22 bits per heavy atom. The van der Waals surface area contributed by atoms with Crippen LogP contribution in [0.15, 0.2) is 122 Å². The SMILES string of the molecule is [2H]C([2H])(c1ccccc1)c1cc[c-]c(-c2ccccn2)c1.[Ir].[c-]1ccccc1-c1ccccn1. The normalized spacial score (nSPS) is 11.1. The van der Waals surface area contributed by atoms with Crippen LogP contribution in [0.4, 0.5) is 0 Å². The molecular weight excluding hydrogens is 569 g/mol. The molecule has 0 N–H and O–H groups in total. The largest absolute Gasteiger partial charge is 0.305 e. The van der Waals surface area contributed by atoms with E-state index in [-0.39, 0.29) is 20.1 Å². The molecule has 0 atom stereocenters. The molecule has 3 heteroatoms. The van der Waals surface area contributed by atoms with Crippen LogP contribution in [0.2, 0.25) is 0 Å². The van der Waals surface area contributed by atoms with Crippen molar-refractivity contribution < 1.29 is 22.8 Å². The molecule has 0 saturated heterocycles. The zero-order chi connectivity index (χ0) is 22.9. The van der Waals surface area contributed by atoms with Crippen LogP contribution in [-0.4, -0.2) is 9.97 Å². The van der Waals surface area contributed by atoms with E-state index < -0.39 is 6.37 Å². The molecule has 0 bridgehead atoms. The molecule has 0 unspecified atom stereocenters. The molecule has 0 saturated carbocycles. The van der Waals surface area contributed by atoms with Crippen LogP contribution in [0.25, 0.3) is 22.5 Å². The number of nitrogens with zero attached hydrogens (tertiary/aromatic N) is 2. The number of aromatic nitrogens is 2. The number of rotatable bonds is 4. The van der Waals surface area contributed by atoms with E-state index in [4.69, 9.17) is 2.74 Å². The molecule has 3 aromatic carbocycles. The van der Waals surface area contributed by atoms with E-state index in [2.05, 4.69) is 22.1 Å². The van der Waals surface area contributed by atoms with Crippen LogP contribution in [0.5, 0.6) is 0 Å². The molecule has 1 radical (unpaired) electrons. The van der Waals surface area contributed by atoms with Gasteiger partial charge in [-0.2, -0.15) is 0 Å². The van der Waals surface area contributed by atoms with Crippen molar-refractivity contribution in [2.24, 2.45) is 0 Å². The third-order valence-electron chi connectivity index (χ3n) is 4.45. The van der Waals surface area contributed by atoms with E-state index in [1.165, 1.54) is 0 Å². The van der Waals surface area contributed by atoms with Crippen molar-refractivity contribution in [3.05, 3.63) is 145 Å². The minimum Gasteiger partial charge on any atom is -0.305 e. The van der Waals surface area contributed by atoms with Crippen molar-refractivity contribution in [1.82, 2.24) is 9.97 Å². The van der Waals surface area contributed by atoms with Crippen LogP contribution < -0.4 is 0 Å².